The summed E-state index contributed by atoms with van der Waals surface area (Å²) >= 11 is 0. The first kappa shape index (κ1) is 18.3. The molecule has 1 aliphatic rings. The van der Waals surface area contributed by atoms with Crippen molar-refractivity contribution in [2.45, 2.75) is 38.1 Å². The normalized spacial score (nSPS) is 15.1. The van der Waals surface area contributed by atoms with Crippen LogP contribution in [-0.4, -0.2) is 32.1 Å². The molecule has 4 heteroatoms. The molecule has 1 aliphatic carbocycles. The number of benzene rings is 2. The molecule has 0 aliphatic heterocycles. The number of likely N-dealkylation sites (N-methyl/N-ethyl adjacent to an activating group) is 1. The maximum absolute atomic E-state index is 13.3. The zero-order valence-corrected chi connectivity index (χ0v) is 16.0. The fourth-order valence-electron chi connectivity index (χ4n) is 3.80. The molecule has 26 heavy (non-hydrogen) atoms. The predicted molar refractivity (Wildman–Crippen MR) is 103 cm³/mol. The van der Waals surface area contributed by atoms with Crippen molar-refractivity contribution in [3.63, 3.8) is 0 Å². The fourth-order valence-corrected chi connectivity index (χ4v) is 3.80. The van der Waals surface area contributed by atoms with Crippen molar-refractivity contribution in [2.75, 3.05) is 21.3 Å². The third-order valence-electron chi connectivity index (χ3n) is 5.54. The van der Waals surface area contributed by atoms with E-state index in [0.29, 0.717) is 18.0 Å². The van der Waals surface area contributed by atoms with Crippen molar-refractivity contribution in [2.24, 2.45) is 0 Å². The minimum absolute atomic E-state index is 0.198. The second kappa shape index (κ2) is 7.40. The van der Waals surface area contributed by atoms with E-state index in [2.05, 4.69) is 12.1 Å². The average molecular weight is 353 g/mol. The summed E-state index contributed by atoms with van der Waals surface area (Å²) in [6.07, 6.45) is 2.94. The third kappa shape index (κ3) is 3.16. The van der Waals surface area contributed by atoms with Crippen LogP contribution in [0.25, 0.3) is 0 Å². The molecular formula is C22H27NO3. The molecule has 4 nitrogen and oxygen atoms in total. The van der Waals surface area contributed by atoms with Crippen LogP contribution in [0, 0.1) is 6.92 Å². The molecule has 0 heterocycles. The van der Waals surface area contributed by atoms with Crippen molar-refractivity contribution < 1.29 is 14.3 Å². The van der Waals surface area contributed by atoms with E-state index in [-0.39, 0.29) is 11.3 Å². The van der Waals surface area contributed by atoms with E-state index >= 15 is 0 Å². The topological polar surface area (TPSA) is 38.8 Å². The van der Waals surface area contributed by atoms with Gasteiger partial charge in [-0.2, -0.15) is 0 Å². The Balaban J connectivity index is 1.84. The van der Waals surface area contributed by atoms with Gasteiger partial charge in [0.15, 0.2) is 11.5 Å². The lowest BCUT2D eigenvalue weighted by molar-refractivity contribution is -0.140. The lowest BCUT2D eigenvalue weighted by Gasteiger charge is -2.43. The molecule has 0 radical (unpaired) electrons. The Labute approximate surface area is 155 Å². The molecule has 0 aromatic heterocycles. The summed E-state index contributed by atoms with van der Waals surface area (Å²) in [5, 5.41) is 0. The van der Waals surface area contributed by atoms with Gasteiger partial charge >= 0.3 is 0 Å². The molecular weight excluding hydrogens is 326 g/mol. The summed E-state index contributed by atoms with van der Waals surface area (Å²) in [4.78, 5) is 15.2. The first-order valence-electron chi connectivity index (χ1n) is 9.04. The molecule has 2 aromatic carbocycles. The number of amides is 1. The molecule has 3 rings (SSSR count). The summed E-state index contributed by atoms with van der Waals surface area (Å²) in [7, 11) is 5.15. The molecule has 1 fully saturated rings. The van der Waals surface area contributed by atoms with E-state index in [1.807, 2.05) is 49.2 Å². The van der Waals surface area contributed by atoms with Gasteiger partial charge in [-0.15, -0.1) is 0 Å². The summed E-state index contributed by atoms with van der Waals surface area (Å²) in [6.45, 7) is 2.59. The fraction of sp³-hybridized carbons (Fsp3) is 0.409. The van der Waals surface area contributed by atoms with Crippen molar-refractivity contribution in [3.05, 3.63) is 59.2 Å². The number of carbonyl (C=O) groups excluding carboxylic acids is 1. The molecule has 0 N–H and O–H groups in total. The van der Waals surface area contributed by atoms with Gasteiger partial charge in [0, 0.05) is 13.6 Å². The van der Waals surface area contributed by atoms with E-state index in [1.54, 1.807) is 14.2 Å². The van der Waals surface area contributed by atoms with Crippen molar-refractivity contribution in [3.8, 4) is 11.5 Å². The molecule has 0 spiro atoms. The van der Waals surface area contributed by atoms with Gasteiger partial charge in [0.1, 0.15) is 0 Å². The Morgan fingerprint density at radius 3 is 2.23 bits per heavy atom. The molecule has 0 saturated heterocycles. The minimum atomic E-state index is -0.361. The number of hydrogen-bond donors (Lipinski definition) is 0. The smallest absolute Gasteiger partial charge is 0.233 e. The molecule has 0 bridgehead atoms. The highest BCUT2D eigenvalue weighted by Gasteiger charge is 2.46. The van der Waals surface area contributed by atoms with E-state index in [4.69, 9.17) is 9.47 Å². The van der Waals surface area contributed by atoms with Gasteiger partial charge < -0.3 is 14.4 Å². The van der Waals surface area contributed by atoms with Gasteiger partial charge in [-0.05, 0) is 48.6 Å². The first-order valence-corrected chi connectivity index (χ1v) is 9.04. The van der Waals surface area contributed by atoms with Crippen LogP contribution in [0.2, 0.25) is 0 Å². The van der Waals surface area contributed by atoms with Crippen LogP contribution in [0.3, 0.4) is 0 Å². The largest absolute Gasteiger partial charge is 0.493 e. The van der Waals surface area contributed by atoms with Crippen molar-refractivity contribution >= 4 is 5.91 Å². The van der Waals surface area contributed by atoms with E-state index < -0.39 is 0 Å². The second-order valence-corrected chi connectivity index (χ2v) is 7.10. The molecule has 1 amide bonds. The minimum Gasteiger partial charge on any atom is -0.493 e. The van der Waals surface area contributed by atoms with Crippen molar-refractivity contribution in [1.82, 2.24) is 4.90 Å². The number of aryl methyl sites for hydroxylation is 1. The van der Waals surface area contributed by atoms with Gasteiger partial charge in [0.2, 0.25) is 5.91 Å². The van der Waals surface area contributed by atoms with Gasteiger partial charge in [-0.1, -0.05) is 36.8 Å². The van der Waals surface area contributed by atoms with Crippen LogP contribution >= 0.6 is 0 Å². The van der Waals surface area contributed by atoms with Crippen molar-refractivity contribution in [1.29, 1.82) is 0 Å². The van der Waals surface area contributed by atoms with E-state index in [0.717, 1.165) is 36.0 Å². The molecule has 0 unspecified atom stereocenters. The second-order valence-electron chi connectivity index (χ2n) is 7.10. The van der Waals surface area contributed by atoms with Crippen LogP contribution in [0.15, 0.2) is 42.5 Å². The summed E-state index contributed by atoms with van der Waals surface area (Å²) in [6, 6.07) is 14.1. The number of hydrogen-bond acceptors (Lipinski definition) is 3. The summed E-state index contributed by atoms with van der Waals surface area (Å²) in [5.74, 6) is 1.60. The Morgan fingerprint density at radius 1 is 1.08 bits per heavy atom. The van der Waals surface area contributed by atoms with Crippen LogP contribution in [0.1, 0.15) is 36.0 Å². The number of ether oxygens (including phenoxy) is 2. The highest BCUT2D eigenvalue weighted by Crippen LogP contribution is 2.45. The average Bonchev–Trinajstić information content (AvgIpc) is 2.62. The number of carbonyl (C=O) groups is 1. The molecule has 138 valence electrons. The Hall–Kier alpha value is -2.49. The van der Waals surface area contributed by atoms with Gasteiger partial charge in [-0.25, -0.2) is 0 Å². The predicted octanol–water partition coefficient (Wildman–Crippen LogP) is 4.09. The van der Waals surface area contributed by atoms with E-state index in [1.165, 1.54) is 0 Å². The quantitative estimate of drug-likeness (QED) is 0.785. The zero-order chi connectivity index (χ0) is 18.7. The number of nitrogens with zero attached hydrogens (tertiary/aromatic N) is 1. The maximum Gasteiger partial charge on any atom is 0.233 e. The monoisotopic (exact) mass is 353 g/mol. The lowest BCUT2D eigenvalue weighted by Crippen LogP contribution is -2.49. The molecule has 1 saturated carbocycles. The summed E-state index contributed by atoms with van der Waals surface area (Å²) in [5.41, 5.74) is 2.93. The number of rotatable bonds is 6. The van der Waals surface area contributed by atoms with Crippen LogP contribution in [0.5, 0.6) is 11.5 Å². The Kier molecular flexibility index (Phi) is 5.21. The highest BCUT2D eigenvalue weighted by molar-refractivity contribution is 5.89. The molecule has 2 aromatic rings. The maximum atomic E-state index is 13.3. The standard InChI is InChI=1S/C22H27NO3/c1-16-13-19(25-3)20(26-4)14-17(16)15-23(2)21(24)22(11-8-12-22)18-9-6-5-7-10-18/h5-7,9-10,13-14H,8,11-12,15H2,1-4H3. The Morgan fingerprint density at radius 2 is 1.69 bits per heavy atom. The van der Waals surface area contributed by atoms with Gasteiger partial charge in [-0.3, -0.25) is 4.79 Å². The summed E-state index contributed by atoms with van der Waals surface area (Å²) < 4.78 is 10.8. The van der Waals surface area contributed by atoms with E-state index in [9.17, 15) is 4.79 Å². The zero-order valence-electron chi connectivity index (χ0n) is 16.0. The third-order valence-corrected chi connectivity index (χ3v) is 5.54. The highest BCUT2D eigenvalue weighted by atomic mass is 16.5. The first-order chi connectivity index (χ1) is 12.5. The number of methoxy groups -OCH3 is 2. The Bertz CT molecular complexity index is 781. The van der Waals surface area contributed by atoms with Gasteiger partial charge in [0.05, 0.1) is 19.6 Å². The lowest BCUT2D eigenvalue weighted by atomic mass is 9.63. The molecule has 0 atom stereocenters. The SMILES string of the molecule is COc1cc(C)c(CN(C)C(=O)C2(c3ccccc3)CCC2)cc1OC. The van der Waals surface area contributed by atoms with Crippen LogP contribution < -0.4 is 9.47 Å². The van der Waals surface area contributed by atoms with Crippen LogP contribution in [0.4, 0.5) is 0 Å². The van der Waals surface area contributed by atoms with Gasteiger partial charge in [0.25, 0.3) is 0 Å². The van der Waals surface area contributed by atoms with Crippen LogP contribution in [-0.2, 0) is 16.8 Å².